The lowest BCUT2D eigenvalue weighted by Gasteiger charge is -2.11. The maximum absolute atomic E-state index is 12.7. The van der Waals surface area contributed by atoms with E-state index in [0.29, 0.717) is 17.1 Å². The summed E-state index contributed by atoms with van der Waals surface area (Å²) in [5.74, 6) is 0.327. The Labute approximate surface area is 176 Å². The highest BCUT2D eigenvalue weighted by molar-refractivity contribution is 6.05. The zero-order chi connectivity index (χ0) is 20.9. The van der Waals surface area contributed by atoms with Gasteiger partial charge in [0.05, 0.1) is 19.0 Å². The molecule has 0 aliphatic rings. The number of methoxy groups -OCH3 is 1. The van der Waals surface area contributed by atoms with Crippen LogP contribution in [0.15, 0.2) is 91.1 Å². The molecule has 4 aromatic rings. The highest BCUT2D eigenvalue weighted by Gasteiger charge is 2.11. The highest BCUT2D eigenvalue weighted by atomic mass is 16.5. The number of benzene rings is 3. The van der Waals surface area contributed by atoms with E-state index < -0.39 is 0 Å². The van der Waals surface area contributed by atoms with E-state index >= 15 is 0 Å². The van der Waals surface area contributed by atoms with Crippen molar-refractivity contribution in [1.29, 1.82) is 0 Å². The van der Waals surface area contributed by atoms with E-state index in [1.54, 1.807) is 25.4 Å². The Hall–Kier alpha value is -3.92. The van der Waals surface area contributed by atoms with Crippen LogP contribution in [0.2, 0.25) is 0 Å². The van der Waals surface area contributed by atoms with Crippen molar-refractivity contribution in [3.05, 3.63) is 102 Å². The summed E-state index contributed by atoms with van der Waals surface area (Å²) in [4.78, 5) is 16.9. The predicted octanol–water partition coefficient (Wildman–Crippen LogP) is 5.98. The zero-order valence-corrected chi connectivity index (χ0v) is 16.9. The average Bonchev–Trinajstić information content (AvgIpc) is 2.80. The van der Waals surface area contributed by atoms with Gasteiger partial charge in [0.2, 0.25) is 5.88 Å². The maximum atomic E-state index is 12.7. The Kier molecular flexibility index (Phi) is 5.57. The van der Waals surface area contributed by atoms with Gasteiger partial charge in [-0.1, -0.05) is 60.7 Å². The monoisotopic (exact) mass is 394 g/mol. The third-order valence-corrected chi connectivity index (χ3v) is 5.01. The van der Waals surface area contributed by atoms with Crippen LogP contribution in [0.5, 0.6) is 5.88 Å². The first-order chi connectivity index (χ1) is 14.6. The molecule has 4 heteroatoms. The largest absolute Gasteiger partial charge is 0.481 e. The normalized spacial score (nSPS) is 10.5. The number of carbonyl (C=O) groups is 1. The van der Waals surface area contributed by atoms with Crippen molar-refractivity contribution in [1.82, 2.24) is 4.98 Å². The average molecular weight is 394 g/mol. The lowest BCUT2D eigenvalue weighted by Crippen LogP contribution is -2.12. The number of ether oxygens (including phenoxy) is 1. The van der Waals surface area contributed by atoms with Crippen LogP contribution in [0, 0.1) is 6.92 Å². The number of anilines is 1. The van der Waals surface area contributed by atoms with Crippen LogP contribution in [0.3, 0.4) is 0 Å². The Morgan fingerprint density at radius 1 is 0.833 bits per heavy atom. The van der Waals surface area contributed by atoms with Crippen LogP contribution in [0.4, 0.5) is 5.69 Å². The van der Waals surface area contributed by atoms with E-state index in [1.165, 1.54) is 5.56 Å². The van der Waals surface area contributed by atoms with E-state index in [9.17, 15) is 4.79 Å². The van der Waals surface area contributed by atoms with Crippen molar-refractivity contribution >= 4 is 11.6 Å². The molecule has 0 bridgehead atoms. The number of hydrogen-bond donors (Lipinski definition) is 1. The number of rotatable bonds is 5. The number of hydrogen-bond acceptors (Lipinski definition) is 3. The number of aromatic nitrogens is 1. The van der Waals surface area contributed by atoms with E-state index in [1.807, 2.05) is 36.4 Å². The summed E-state index contributed by atoms with van der Waals surface area (Å²) in [6.45, 7) is 2.05. The van der Waals surface area contributed by atoms with Crippen molar-refractivity contribution in [3.63, 3.8) is 0 Å². The lowest BCUT2D eigenvalue weighted by molar-refractivity contribution is 0.102. The number of nitrogens with zero attached hydrogens (tertiary/aromatic N) is 1. The lowest BCUT2D eigenvalue weighted by atomic mass is 9.96. The van der Waals surface area contributed by atoms with E-state index in [2.05, 4.69) is 53.6 Å². The molecule has 0 aliphatic heterocycles. The highest BCUT2D eigenvalue weighted by Crippen LogP contribution is 2.28. The molecule has 3 aromatic carbocycles. The summed E-state index contributed by atoms with van der Waals surface area (Å²) in [6.07, 6.45) is 1.58. The van der Waals surface area contributed by atoms with Gasteiger partial charge >= 0.3 is 0 Å². The van der Waals surface area contributed by atoms with Crippen molar-refractivity contribution in [3.8, 4) is 28.1 Å². The molecule has 0 fully saturated rings. The summed E-state index contributed by atoms with van der Waals surface area (Å²) in [7, 11) is 1.56. The molecule has 148 valence electrons. The molecule has 4 nitrogen and oxygen atoms in total. The third-order valence-electron chi connectivity index (χ3n) is 5.01. The van der Waals surface area contributed by atoms with Crippen molar-refractivity contribution in [2.24, 2.45) is 0 Å². The molecule has 4 rings (SSSR count). The van der Waals surface area contributed by atoms with E-state index in [-0.39, 0.29) is 5.91 Å². The molecule has 0 atom stereocenters. The molecule has 0 saturated carbocycles. The van der Waals surface area contributed by atoms with E-state index in [4.69, 9.17) is 4.74 Å². The second-order valence-electron chi connectivity index (χ2n) is 7.02. The van der Waals surface area contributed by atoms with Gasteiger partial charge in [-0.25, -0.2) is 4.98 Å². The fourth-order valence-electron chi connectivity index (χ4n) is 3.33. The van der Waals surface area contributed by atoms with Crippen molar-refractivity contribution in [2.45, 2.75) is 6.92 Å². The van der Waals surface area contributed by atoms with Crippen LogP contribution in [0.1, 0.15) is 15.9 Å². The minimum absolute atomic E-state index is 0.177. The molecule has 0 saturated heterocycles. The van der Waals surface area contributed by atoms with Gasteiger partial charge in [-0.3, -0.25) is 4.79 Å². The van der Waals surface area contributed by atoms with Crippen LogP contribution in [-0.2, 0) is 0 Å². The molecular formula is C26H22N2O2. The third kappa shape index (κ3) is 4.23. The molecule has 0 spiro atoms. The fraction of sp³-hybridized carbons (Fsp3) is 0.0769. The van der Waals surface area contributed by atoms with Crippen LogP contribution < -0.4 is 10.1 Å². The van der Waals surface area contributed by atoms with Gasteiger partial charge in [0.15, 0.2) is 0 Å². The number of amides is 1. The Bertz CT molecular complexity index is 1150. The molecule has 1 amide bonds. The second-order valence-corrected chi connectivity index (χ2v) is 7.02. The summed E-state index contributed by atoms with van der Waals surface area (Å²) in [5.41, 5.74) is 6.79. The molecule has 1 N–H and O–H groups in total. The second kappa shape index (κ2) is 8.62. The number of aryl methyl sites for hydroxylation is 1. The van der Waals surface area contributed by atoms with Gasteiger partial charge < -0.3 is 10.1 Å². The van der Waals surface area contributed by atoms with Crippen molar-refractivity contribution < 1.29 is 9.53 Å². The molecule has 0 radical (unpaired) electrons. The first kappa shape index (κ1) is 19.4. The Morgan fingerprint density at radius 3 is 2.20 bits per heavy atom. The smallest absolute Gasteiger partial charge is 0.255 e. The molecule has 30 heavy (non-hydrogen) atoms. The van der Waals surface area contributed by atoms with Crippen LogP contribution >= 0.6 is 0 Å². The number of pyridine rings is 1. The SMILES string of the molecule is COc1ccc(NC(=O)c2ccc(C)c(-c3ccc(-c4ccccc4)cc3)c2)cn1. The quantitative estimate of drug-likeness (QED) is 0.453. The van der Waals surface area contributed by atoms with Gasteiger partial charge in [-0.05, 0) is 52.9 Å². The topological polar surface area (TPSA) is 51.2 Å². The van der Waals surface area contributed by atoms with Crippen LogP contribution in [0.25, 0.3) is 22.3 Å². The van der Waals surface area contributed by atoms with Gasteiger partial charge in [0.1, 0.15) is 0 Å². The summed E-state index contributed by atoms with van der Waals surface area (Å²) >= 11 is 0. The van der Waals surface area contributed by atoms with E-state index in [0.717, 1.165) is 22.3 Å². The molecule has 1 heterocycles. The molecular weight excluding hydrogens is 372 g/mol. The Balaban J connectivity index is 1.57. The standard InChI is InChI=1S/C26H22N2O2/c1-18-8-9-22(26(29)28-23-14-15-25(30-2)27-17-23)16-24(18)21-12-10-20(11-13-21)19-6-4-3-5-7-19/h3-17H,1-2H3,(H,28,29). The Morgan fingerprint density at radius 2 is 1.53 bits per heavy atom. The first-order valence-corrected chi connectivity index (χ1v) is 9.72. The zero-order valence-electron chi connectivity index (χ0n) is 16.9. The van der Waals surface area contributed by atoms with Gasteiger partial charge in [0, 0.05) is 11.6 Å². The summed E-state index contributed by atoms with van der Waals surface area (Å²) in [5, 5.41) is 2.88. The van der Waals surface area contributed by atoms with Gasteiger partial charge in [-0.2, -0.15) is 0 Å². The van der Waals surface area contributed by atoms with Crippen molar-refractivity contribution in [2.75, 3.05) is 12.4 Å². The van der Waals surface area contributed by atoms with Gasteiger partial charge in [0.25, 0.3) is 5.91 Å². The number of carbonyl (C=O) groups excluding carboxylic acids is 1. The van der Waals surface area contributed by atoms with Crippen LogP contribution in [-0.4, -0.2) is 18.0 Å². The first-order valence-electron chi connectivity index (χ1n) is 9.72. The minimum Gasteiger partial charge on any atom is -0.481 e. The minimum atomic E-state index is -0.177. The molecule has 1 aromatic heterocycles. The fourth-order valence-corrected chi connectivity index (χ4v) is 3.33. The molecule has 0 unspecified atom stereocenters. The predicted molar refractivity (Wildman–Crippen MR) is 121 cm³/mol. The van der Waals surface area contributed by atoms with Gasteiger partial charge in [-0.15, -0.1) is 0 Å². The number of nitrogens with one attached hydrogen (secondary N) is 1. The summed E-state index contributed by atoms with van der Waals surface area (Å²) < 4.78 is 5.05. The maximum Gasteiger partial charge on any atom is 0.255 e. The molecule has 0 aliphatic carbocycles. The summed E-state index contributed by atoms with van der Waals surface area (Å²) in [6, 6.07) is 27.9.